The fourth-order valence-corrected chi connectivity index (χ4v) is 5.06. The number of hydrogen-bond acceptors (Lipinski definition) is 6. The number of aromatic nitrogens is 4. The highest BCUT2D eigenvalue weighted by molar-refractivity contribution is 6.13. The Morgan fingerprint density at radius 1 is 1.17 bits per heavy atom. The van der Waals surface area contributed by atoms with Crippen LogP contribution < -0.4 is 15.5 Å². The van der Waals surface area contributed by atoms with Crippen molar-refractivity contribution in [3.63, 3.8) is 0 Å². The minimum absolute atomic E-state index is 0.235. The van der Waals surface area contributed by atoms with Crippen LogP contribution in [0.1, 0.15) is 34.9 Å². The number of hydrogen-bond donors (Lipinski definition) is 2. The highest BCUT2D eigenvalue weighted by Crippen LogP contribution is 2.32. The summed E-state index contributed by atoms with van der Waals surface area (Å²) >= 11 is 0. The van der Waals surface area contributed by atoms with Crippen LogP contribution in [0, 0.1) is 12.7 Å². The van der Waals surface area contributed by atoms with Crippen molar-refractivity contribution in [3.05, 3.63) is 53.9 Å². The van der Waals surface area contributed by atoms with Gasteiger partial charge in [-0.15, -0.1) is 0 Å². The summed E-state index contributed by atoms with van der Waals surface area (Å²) in [6.07, 6.45) is 7.25. The van der Waals surface area contributed by atoms with Gasteiger partial charge < -0.3 is 24.7 Å². The van der Waals surface area contributed by atoms with Crippen molar-refractivity contribution in [2.45, 2.75) is 25.8 Å². The molecule has 10 heteroatoms. The second kappa shape index (κ2) is 8.94. The smallest absolute Gasteiger partial charge is 0.257 e. The predicted octanol–water partition coefficient (Wildman–Crippen LogP) is 3.14. The normalized spacial score (nSPS) is 17.4. The van der Waals surface area contributed by atoms with E-state index in [1.807, 2.05) is 16.8 Å². The van der Waals surface area contributed by atoms with Gasteiger partial charge in [-0.2, -0.15) is 5.10 Å². The molecule has 2 aliphatic heterocycles. The van der Waals surface area contributed by atoms with Crippen LogP contribution in [0.2, 0.25) is 0 Å². The first-order valence-corrected chi connectivity index (χ1v) is 12.1. The second-order valence-corrected chi connectivity index (χ2v) is 9.23. The topological polar surface area (TPSA) is 88.7 Å². The number of aryl methyl sites for hydroxylation is 1. The van der Waals surface area contributed by atoms with E-state index >= 15 is 0 Å². The average Bonchev–Trinajstić information content (AvgIpc) is 3.48. The van der Waals surface area contributed by atoms with E-state index in [2.05, 4.69) is 26.7 Å². The Morgan fingerprint density at radius 2 is 1.97 bits per heavy atom. The summed E-state index contributed by atoms with van der Waals surface area (Å²) < 4.78 is 23.7. The van der Waals surface area contributed by atoms with Gasteiger partial charge in [-0.1, -0.05) is 0 Å². The first-order valence-electron chi connectivity index (χ1n) is 12.1. The molecule has 0 radical (unpaired) electrons. The fraction of sp³-hybridized carbons (Fsp3) is 0.400. The van der Waals surface area contributed by atoms with Gasteiger partial charge in [0.25, 0.3) is 5.91 Å². The zero-order valence-electron chi connectivity index (χ0n) is 19.6. The number of halogens is 1. The van der Waals surface area contributed by atoms with Crippen molar-refractivity contribution in [2.75, 3.05) is 49.6 Å². The molecule has 2 saturated heterocycles. The Labute approximate surface area is 201 Å². The molecule has 35 heavy (non-hydrogen) atoms. The molecule has 1 aromatic carbocycles. The van der Waals surface area contributed by atoms with Gasteiger partial charge in [0.05, 0.1) is 23.0 Å². The summed E-state index contributed by atoms with van der Waals surface area (Å²) in [5.74, 6) is -0.812. The Hall–Kier alpha value is -3.50. The molecule has 9 nitrogen and oxygen atoms in total. The van der Waals surface area contributed by atoms with Gasteiger partial charge in [0.15, 0.2) is 11.5 Å². The number of piperazine rings is 1. The largest absolute Gasteiger partial charge is 0.381 e. The first-order chi connectivity index (χ1) is 17.1. The Morgan fingerprint density at radius 3 is 2.77 bits per heavy atom. The maximum atomic E-state index is 14.6. The fourth-order valence-electron chi connectivity index (χ4n) is 5.06. The standard InChI is InChI=1S/C25H28FN7O2/c1-16-13-32-14-17(12-21(26)24(32)28-16)29-25(34)19-2-3-22(31-8-6-27-7-9-31)20-15-33(30-23(19)20)18-4-10-35-11-5-18/h2-3,12-15,18,27H,4-11H2,1H3,(H,29,34). The molecule has 4 aromatic rings. The molecule has 2 N–H and O–H groups in total. The Bertz CT molecular complexity index is 1400. The Balaban J connectivity index is 1.38. The van der Waals surface area contributed by atoms with Gasteiger partial charge in [0.2, 0.25) is 0 Å². The molecule has 1 amide bonds. The van der Waals surface area contributed by atoms with E-state index in [4.69, 9.17) is 9.84 Å². The number of pyridine rings is 1. The molecule has 0 atom stereocenters. The Kier molecular flexibility index (Phi) is 5.62. The third-order valence-electron chi connectivity index (χ3n) is 6.82. The van der Waals surface area contributed by atoms with E-state index < -0.39 is 5.82 Å². The van der Waals surface area contributed by atoms with Crippen LogP contribution in [0.3, 0.4) is 0 Å². The third kappa shape index (κ3) is 4.12. The molecule has 0 bridgehead atoms. The van der Waals surface area contributed by atoms with Gasteiger partial charge in [-0.25, -0.2) is 9.37 Å². The molecule has 0 saturated carbocycles. The molecule has 182 valence electrons. The molecule has 2 fully saturated rings. The lowest BCUT2D eigenvalue weighted by Gasteiger charge is -2.30. The number of rotatable bonds is 4. The van der Waals surface area contributed by atoms with Crippen molar-refractivity contribution in [1.82, 2.24) is 24.5 Å². The van der Waals surface area contributed by atoms with Crippen molar-refractivity contribution in [1.29, 1.82) is 0 Å². The predicted molar refractivity (Wildman–Crippen MR) is 132 cm³/mol. The number of carbonyl (C=O) groups excluding carboxylic acids is 1. The van der Waals surface area contributed by atoms with Gasteiger partial charge in [-0.3, -0.25) is 9.48 Å². The molecule has 0 aliphatic carbocycles. The summed E-state index contributed by atoms with van der Waals surface area (Å²) in [6.45, 7) is 6.84. The monoisotopic (exact) mass is 477 g/mol. The highest BCUT2D eigenvalue weighted by atomic mass is 19.1. The lowest BCUT2D eigenvalue weighted by Crippen LogP contribution is -2.43. The van der Waals surface area contributed by atoms with Crippen molar-refractivity contribution < 1.29 is 13.9 Å². The number of imidazole rings is 1. The first kappa shape index (κ1) is 22.0. The minimum atomic E-state index is -0.487. The number of nitrogens with one attached hydrogen (secondary N) is 2. The molecule has 3 aromatic heterocycles. The number of ether oxygens (including phenoxy) is 1. The van der Waals surface area contributed by atoms with E-state index in [1.54, 1.807) is 23.7 Å². The van der Waals surface area contributed by atoms with Crippen LogP contribution in [0.25, 0.3) is 16.6 Å². The van der Waals surface area contributed by atoms with E-state index in [-0.39, 0.29) is 17.6 Å². The van der Waals surface area contributed by atoms with Gasteiger partial charge >= 0.3 is 0 Å². The molecule has 0 unspecified atom stereocenters. The van der Waals surface area contributed by atoms with Crippen LogP contribution in [-0.4, -0.2) is 64.5 Å². The average molecular weight is 478 g/mol. The molecular weight excluding hydrogens is 449 g/mol. The molecule has 6 rings (SSSR count). The maximum Gasteiger partial charge on any atom is 0.257 e. The zero-order chi connectivity index (χ0) is 23.9. The van der Waals surface area contributed by atoms with Crippen LogP contribution >= 0.6 is 0 Å². The SMILES string of the molecule is Cc1cn2cc(NC(=O)c3ccc(N4CCNCC4)c4cn(C5CCOCC5)nc34)cc(F)c2n1. The molecule has 2 aliphatic rings. The lowest BCUT2D eigenvalue weighted by atomic mass is 10.1. The van der Waals surface area contributed by atoms with Crippen LogP contribution in [0.5, 0.6) is 0 Å². The summed E-state index contributed by atoms with van der Waals surface area (Å²) in [7, 11) is 0. The van der Waals surface area contributed by atoms with Gasteiger partial charge in [0, 0.05) is 75.1 Å². The maximum absolute atomic E-state index is 14.6. The number of carbonyl (C=O) groups is 1. The second-order valence-electron chi connectivity index (χ2n) is 9.23. The summed E-state index contributed by atoms with van der Waals surface area (Å²) in [6, 6.07) is 5.37. The summed E-state index contributed by atoms with van der Waals surface area (Å²) in [5, 5.41) is 12.1. The van der Waals surface area contributed by atoms with Gasteiger partial charge in [0.1, 0.15) is 5.52 Å². The number of nitrogens with zero attached hydrogens (tertiary/aromatic N) is 5. The van der Waals surface area contributed by atoms with E-state index in [1.165, 1.54) is 6.07 Å². The number of fused-ring (bicyclic) bond motifs is 2. The van der Waals surface area contributed by atoms with E-state index in [0.717, 1.165) is 50.1 Å². The van der Waals surface area contributed by atoms with Crippen molar-refractivity contribution in [2.24, 2.45) is 0 Å². The number of anilines is 2. The number of amides is 1. The van der Waals surface area contributed by atoms with Crippen LogP contribution in [-0.2, 0) is 4.74 Å². The third-order valence-corrected chi connectivity index (χ3v) is 6.82. The van der Waals surface area contributed by atoms with Crippen molar-refractivity contribution in [3.8, 4) is 0 Å². The summed E-state index contributed by atoms with van der Waals surface area (Å²) in [4.78, 5) is 19.9. The number of benzene rings is 1. The van der Waals surface area contributed by atoms with Crippen LogP contribution in [0.4, 0.5) is 15.8 Å². The minimum Gasteiger partial charge on any atom is -0.381 e. The van der Waals surface area contributed by atoms with Crippen LogP contribution in [0.15, 0.2) is 36.8 Å². The summed E-state index contributed by atoms with van der Waals surface area (Å²) in [5.41, 5.74) is 3.50. The van der Waals surface area contributed by atoms with Crippen molar-refractivity contribution >= 4 is 33.8 Å². The van der Waals surface area contributed by atoms with E-state index in [9.17, 15) is 9.18 Å². The highest BCUT2D eigenvalue weighted by Gasteiger charge is 2.24. The lowest BCUT2D eigenvalue weighted by molar-refractivity contribution is 0.0664. The molecule has 5 heterocycles. The van der Waals surface area contributed by atoms with Gasteiger partial charge in [-0.05, 0) is 31.9 Å². The quantitative estimate of drug-likeness (QED) is 0.470. The van der Waals surface area contributed by atoms with E-state index in [0.29, 0.717) is 35.7 Å². The zero-order valence-corrected chi connectivity index (χ0v) is 19.6. The molecule has 0 spiro atoms. The molecular formula is C25H28FN7O2.